The molecule has 3 rings (SSSR count). The van der Waals surface area contributed by atoms with Gasteiger partial charge in [0.15, 0.2) is 0 Å². The molecule has 0 fully saturated rings. The van der Waals surface area contributed by atoms with Gasteiger partial charge in [-0.25, -0.2) is 0 Å². The molecule has 0 radical (unpaired) electrons. The topological polar surface area (TPSA) is 43.1 Å². The summed E-state index contributed by atoms with van der Waals surface area (Å²) in [7, 11) is 0. The first-order valence-electron chi connectivity index (χ1n) is 5.10. The number of benzene rings is 1. The Kier molecular flexibility index (Phi) is 3.11. The molecule has 0 N–H and O–H groups in total. The molecular formula is C10H3Cl2F3N4S. The van der Waals surface area contributed by atoms with Crippen molar-refractivity contribution >= 4 is 39.5 Å². The van der Waals surface area contributed by atoms with Crippen LogP contribution in [-0.2, 0) is 6.18 Å². The third-order valence-corrected chi connectivity index (χ3v) is 3.74. The largest absolute Gasteiger partial charge is 0.453 e. The summed E-state index contributed by atoms with van der Waals surface area (Å²) < 4.78 is 38.7. The second-order valence-corrected chi connectivity index (χ2v) is 5.61. The lowest BCUT2D eigenvalue weighted by Gasteiger charge is -2.01. The Morgan fingerprint density at radius 2 is 1.70 bits per heavy atom. The summed E-state index contributed by atoms with van der Waals surface area (Å²) in [5.41, 5.74) is 0.520. The second kappa shape index (κ2) is 4.57. The number of alkyl halides is 3. The molecule has 0 saturated heterocycles. The maximum Gasteiger partial charge on any atom is 0.453 e. The predicted octanol–water partition coefficient (Wildman–Crippen LogP) is 4.18. The zero-order valence-electron chi connectivity index (χ0n) is 9.32. The molecule has 20 heavy (non-hydrogen) atoms. The van der Waals surface area contributed by atoms with Gasteiger partial charge in [0.05, 0.1) is 0 Å². The van der Waals surface area contributed by atoms with Gasteiger partial charge < -0.3 is 0 Å². The van der Waals surface area contributed by atoms with E-state index in [9.17, 15) is 13.2 Å². The van der Waals surface area contributed by atoms with Crippen LogP contribution in [0.25, 0.3) is 15.5 Å². The minimum absolute atomic E-state index is 0.0448. The van der Waals surface area contributed by atoms with Crippen molar-refractivity contribution in [1.29, 1.82) is 0 Å². The van der Waals surface area contributed by atoms with E-state index in [0.717, 1.165) is 11.3 Å². The predicted molar refractivity (Wildman–Crippen MR) is 69.1 cm³/mol. The molecule has 0 aliphatic heterocycles. The molecule has 0 saturated carbocycles. The molecule has 104 valence electrons. The highest BCUT2D eigenvalue weighted by Crippen LogP contribution is 2.33. The van der Waals surface area contributed by atoms with Gasteiger partial charge >= 0.3 is 6.18 Å². The van der Waals surface area contributed by atoms with E-state index in [-0.39, 0.29) is 4.96 Å². The van der Waals surface area contributed by atoms with Crippen LogP contribution in [0, 0.1) is 0 Å². The van der Waals surface area contributed by atoms with E-state index in [1.54, 1.807) is 12.1 Å². The molecule has 4 nitrogen and oxygen atoms in total. The maximum absolute atomic E-state index is 12.7. The van der Waals surface area contributed by atoms with E-state index in [4.69, 9.17) is 23.2 Å². The lowest BCUT2D eigenvalue weighted by Crippen LogP contribution is -2.11. The van der Waals surface area contributed by atoms with Crippen molar-refractivity contribution in [2.75, 3.05) is 0 Å². The second-order valence-electron chi connectivity index (χ2n) is 3.78. The Hall–Kier alpha value is -1.38. The van der Waals surface area contributed by atoms with Crippen LogP contribution in [-0.4, -0.2) is 19.8 Å². The van der Waals surface area contributed by atoms with Crippen molar-refractivity contribution in [3.63, 3.8) is 0 Å². The normalized spacial score (nSPS) is 12.2. The number of aromatic nitrogens is 4. The number of fused-ring (bicyclic) bond motifs is 1. The van der Waals surface area contributed by atoms with Gasteiger partial charge in [0.2, 0.25) is 4.96 Å². The van der Waals surface area contributed by atoms with E-state index in [1.165, 1.54) is 6.07 Å². The van der Waals surface area contributed by atoms with Crippen LogP contribution < -0.4 is 0 Å². The summed E-state index contributed by atoms with van der Waals surface area (Å²) in [6, 6.07) is 4.65. The van der Waals surface area contributed by atoms with Gasteiger partial charge in [0.1, 0.15) is 5.01 Å². The molecule has 1 aromatic carbocycles. The van der Waals surface area contributed by atoms with Gasteiger partial charge in [-0.1, -0.05) is 34.5 Å². The summed E-state index contributed by atoms with van der Waals surface area (Å²) in [6.07, 6.45) is -4.61. The molecule has 0 amide bonds. The number of nitrogens with zero attached hydrogens (tertiary/aromatic N) is 4. The van der Waals surface area contributed by atoms with Gasteiger partial charge in [0, 0.05) is 15.6 Å². The van der Waals surface area contributed by atoms with Crippen molar-refractivity contribution < 1.29 is 13.2 Å². The lowest BCUT2D eigenvalue weighted by atomic mass is 10.2. The quantitative estimate of drug-likeness (QED) is 0.668. The first-order valence-corrected chi connectivity index (χ1v) is 6.68. The fraction of sp³-hybridized carbons (Fsp3) is 0.100. The van der Waals surface area contributed by atoms with Crippen molar-refractivity contribution in [1.82, 2.24) is 19.8 Å². The molecule has 2 heterocycles. The van der Waals surface area contributed by atoms with Crippen molar-refractivity contribution in [3.05, 3.63) is 34.1 Å². The Balaban J connectivity index is 2.16. The summed E-state index contributed by atoms with van der Waals surface area (Å²) in [5.74, 6) is -1.16. The minimum atomic E-state index is -4.61. The summed E-state index contributed by atoms with van der Waals surface area (Å²) in [4.78, 5) is 0.0448. The zero-order chi connectivity index (χ0) is 14.5. The molecule has 0 atom stereocenters. The van der Waals surface area contributed by atoms with Crippen LogP contribution in [0.4, 0.5) is 13.2 Å². The number of hydrogen-bond donors (Lipinski definition) is 0. The highest BCUT2D eigenvalue weighted by molar-refractivity contribution is 7.19. The number of hydrogen-bond acceptors (Lipinski definition) is 4. The molecule has 3 aromatic rings. The molecule has 10 heteroatoms. The smallest absolute Gasteiger partial charge is 0.178 e. The number of rotatable bonds is 1. The van der Waals surface area contributed by atoms with Gasteiger partial charge in [0.25, 0.3) is 5.82 Å². The minimum Gasteiger partial charge on any atom is -0.178 e. The van der Waals surface area contributed by atoms with Crippen LogP contribution in [0.1, 0.15) is 5.82 Å². The molecule has 0 unspecified atom stereocenters. The van der Waals surface area contributed by atoms with Crippen molar-refractivity contribution in [2.24, 2.45) is 0 Å². The zero-order valence-corrected chi connectivity index (χ0v) is 11.6. The Labute approximate surface area is 123 Å². The fourth-order valence-electron chi connectivity index (χ4n) is 1.59. The van der Waals surface area contributed by atoms with E-state index in [1.807, 2.05) is 0 Å². The van der Waals surface area contributed by atoms with Gasteiger partial charge in [-0.05, 0) is 18.2 Å². The standard InChI is InChI=1S/C10H3Cl2F3N4S/c11-5-1-4(2-6(12)3-5)7-18-19-8(10(13,14)15)16-17-9(19)20-7/h1-3H. The SMILES string of the molecule is FC(F)(F)c1nnc2sc(-c3cc(Cl)cc(Cl)c3)nn12. The molecular weight excluding hydrogens is 336 g/mol. The Morgan fingerprint density at radius 3 is 2.30 bits per heavy atom. The van der Waals surface area contributed by atoms with Crippen LogP contribution in [0.3, 0.4) is 0 Å². The first kappa shape index (κ1) is 13.6. The molecule has 0 aliphatic carbocycles. The van der Waals surface area contributed by atoms with Gasteiger partial charge in [-0.15, -0.1) is 10.2 Å². The van der Waals surface area contributed by atoms with Crippen LogP contribution >= 0.6 is 34.5 Å². The lowest BCUT2D eigenvalue weighted by molar-refractivity contribution is -0.146. The third-order valence-electron chi connectivity index (χ3n) is 2.35. The van der Waals surface area contributed by atoms with E-state index < -0.39 is 12.0 Å². The first-order chi connectivity index (χ1) is 9.34. The van der Waals surface area contributed by atoms with Crippen LogP contribution in [0.5, 0.6) is 0 Å². The highest BCUT2D eigenvalue weighted by atomic mass is 35.5. The van der Waals surface area contributed by atoms with E-state index >= 15 is 0 Å². The Morgan fingerprint density at radius 1 is 1.05 bits per heavy atom. The molecule has 0 aliphatic rings. The fourth-order valence-corrected chi connectivity index (χ4v) is 2.94. The Bertz CT molecular complexity index is 775. The average Bonchev–Trinajstić information content (AvgIpc) is 2.83. The highest BCUT2D eigenvalue weighted by Gasteiger charge is 2.38. The van der Waals surface area contributed by atoms with Crippen molar-refractivity contribution in [3.8, 4) is 10.6 Å². The van der Waals surface area contributed by atoms with Crippen LogP contribution in [0.15, 0.2) is 18.2 Å². The third kappa shape index (κ3) is 2.34. The molecule has 0 bridgehead atoms. The van der Waals surface area contributed by atoms with E-state index in [0.29, 0.717) is 25.1 Å². The summed E-state index contributed by atoms with van der Waals surface area (Å²) in [5, 5.41) is 11.5. The monoisotopic (exact) mass is 338 g/mol. The molecule has 0 spiro atoms. The number of halogens is 5. The summed E-state index contributed by atoms with van der Waals surface area (Å²) in [6.45, 7) is 0. The maximum atomic E-state index is 12.7. The average molecular weight is 339 g/mol. The van der Waals surface area contributed by atoms with E-state index in [2.05, 4.69) is 15.3 Å². The van der Waals surface area contributed by atoms with Crippen LogP contribution in [0.2, 0.25) is 10.0 Å². The summed E-state index contributed by atoms with van der Waals surface area (Å²) >= 11 is 12.7. The molecule has 2 aromatic heterocycles. The van der Waals surface area contributed by atoms with Crippen molar-refractivity contribution in [2.45, 2.75) is 6.18 Å². The van der Waals surface area contributed by atoms with Gasteiger partial charge in [-0.2, -0.15) is 22.8 Å². The van der Waals surface area contributed by atoms with Gasteiger partial charge in [-0.3, -0.25) is 0 Å².